The van der Waals surface area contributed by atoms with E-state index in [1.54, 1.807) is 12.4 Å². The molecule has 1 aromatic carbocycles. The van der Waals surface area contributed by atoms with Crippen LogP contribution in [-0.4, -0.2) is 29.1 Å². The number of rotatable bonds is 16. The molecule has 6 heteroatoms. The molecule has 0 amide bonds. The summed E-state index contributed by atoms with van der Waals surface area (Å²) in [6, 6.07) is 4.30. The number of unbranched alkanes of at least 4 members (excludes halogenated alkanes) is 10. The predicted molar refractivity (Wildman–Crippen MR) is 149 cm³/mol. The van der Waals surface area contributed by atoms with E-state index in [9.17, 15) is 0 Å². The topological polar surface area (TPSA) is 61.4 Å². The summed E-state index contributed by atoms with van der Waals surface area (Å²) >= 11 is 0. The van der Waals surface area contributed by atoms with Crippen LogP contribution < -0.4 is 0 Å². The molecule has 0 saturated heterocycles. The molecule has 0 fully saturated rings. The van der Waals surface area contributed by atoms with Gasteiger partial charge in [-0.05, 0) is 25.0 Å². The molecule has 0 radical (unpaired) electrons. The van der Waals surface area contributed by atoms with Crippen molar-refractivity contribution in [2.75, 3.05) is 0 Å². The Hall–Kier alpha value is -3.02. The monoisotopic (exact) mass is 486 g/mol. The number of aryl methyl sites for hydroxylation is 2. The maximum absolute atomic E-state index is 4.76. The number of hydrogen-bond acceptors (Lipinski definition) is 4. The van der Waals surface area contributed by atoms with Crippen LogP contribution in [0.25, 0.3) is 33.8 Å². The van der Waals surface area contributed by atoms with Crippen molar-refractivity contribution >= 4 is 11.0 Å². The van der Waals surface area contributed by atoms with Crippen molar-refractivity contribution in [2.24, 2.45) is 0 Å². The van der Waals surface area contributed by atoms with Crippen LogP contribution in [0.3, 0.4) is 0 Å². The van der Waals surface area contributed by atoms with E-state index in [0.29, 0.717) is 0 Å². The molecule has 0 bridgehead atoms. The standard InChI is InChI=1S/C30H42N6/c1-3-5-7-9-11-13-21-35-23-19-33-29(35)25-15-16-26(28-27(25)31-17-18-32-28)30-34-20-24-36(30)22-14-12-10-8-6-4-2/h15-20,23-24H,3-14,21-22H2,1-2H3. The number of fused-ring (bicyclic) bond motifs is 1. The highest BCUT2D eigenvalue weighted by Crippen LogP contribution is 2.32. The minimum Gasteiger partial charge on any atom is -0.331 e. The second-order valence-electron chi connectivity index (χ2n) is 9.84. The molecule has 192 valence electrons. The maximum atomic E-state index is 4.76. The Bertz CT molecular complexity index is 1100. The molecular formula is C30H42N6. The molecule has 0 aliphatic rings. The van der Waals surface area contributed by atoms with Gasteiger partial charge in [-0.2, -0.15) is 0 Å². The summed E-state index contributed by atoms with van der Waals surface area (Å²) in [5, 5.41) is 0. The SMILES string of the molecule is CCCCCCCCn1ccnc1-c1ccc(-c2nccn2CCCCCCCC)c2nccnc12. The second kappa shape index (κ2) is 13.9. The Morgan fingerprint density at radius 1 is 0.500 bits per heavy atom. The van der Waals surface area contributed by atoms with Crippen LogP contribution in [0.1, 0.15) is 90.9 Å². The van der Waals surface area contributed by atoms with Gasteiger partial charge in [0.15, 0.2) is 0 Å². The molecule has 3 heterocycles. The average Bonchev–Trinajstić information content (AvgIpc) is 3.57. The lowest BCUT2D eigenvalue weighted by Crippen LogP contribution is -2.03. The lowest BCUT2D eigenvalue weighted by atomic mass is 10.1. The Balaban J connectivity index is 1.52. The summed E-state index contributed by atoms with van der Waals surface area (Å²) in [5.74, 6) is 1.94. The molecule has 0 N–H and O–H groups in total. The quantitative estimate of drug-likeness (QED) is 0.150. The van der Waals surface area contributed by atoms with Crippen molar-refractivity contribution in [1.82, 2.24) is 29.1 Å². The van der Waals surface area contributed by atoms with Crippen molar-refractivity contribution in [3.8, 4) is 22.8 Å². The van der Waals surface area contributed by atoms with E-state index in [1.165, 1.54) is 77.0 Å². The fraction of sp³-hybridized carbons (Fsp3) is 0.533. The van der Waals surface area contributed by atoms with E-state index >= 15 is 0 Å². The molecule has 0 aliphatic carbocycles. The smallest absolute Gasteiger partial charge is 0.142 e. The van der Waals surface area contributed by atoms with Crippen LogP contribution in [0, 0.1) is 0 Å². The van der Waals surface area contributed by atoms with Gasteiger partial charge in [0.1, 0.15) is 22.7 Å². The van der Waals surface area contributed by atoms with E-state index in [2.05, 4.69) is 47.5 Å². The molecule has 6 nitrogen and oxygen atoms in total. The predicted octanol–water partition coefficient (Wildman–Crippen LogP) is 8.08. The average molecular weight is 487 g/mol. The molecule has 36 heavy (non-hydrogen) atoms. The van der Waals surface area contributed by atoms with Gasteiger partial charge in [-0.3, -0.25) is 9.97 Å². The minimum atomic E-state index is 0.888. The zero-order valence-electron chi connectivity index (χ0n) is 22.2. The zero-order chi connectivity index (χ0) is 25.0. The first kappa shape index (κ1) is 26.1. The van der Waals surface area contributed by atoms with Gasteiger partial charge in [0.25, 0.3) is 0 Å². The Kier molecular flexibility index (Phi) is 10.1. The van der Waals surface area contributed by atoms with Crippen LogP contribution in [0.15, 0.2) is 49.3 Å². The summed E-state index contributed by atoms with van der Waals surface area (Å²) in [5.41, 5.74) is 3.85. The van der Waals surface area contributed by atoms with Gasteiger partial charge >= 0.3 is 0 Å². The second-order valence-corrected chi connectivity index (χ2v) is 9.84. The molecule has 0 unspecified atom stereocenters. The highest BCUT2D eigenvalue weighted by molar-refractivity contribution is 5.98. The fourth-order valence-electron chi connectivity index (χ4n) is 5.01. The highest BCUT2D eigenvalue weighted by Gasteiger charge is 2.17. The van der Waals surface area contributed by atoms with Gasteiger partial charge in [-0.1, -0.05) is 78.1 Å². The van der Waals surface area contributed by atoms with Crippen LogP contribution in [0.4, 0.5) is 0 Å². The van der Waals surface area contributed by atoms with Crippen molar-refractivity contribution in [3.05, 3.63) is 49.3 Å². The molecule has 0 saturated carbocycles. The highest BCUT2D eigenvalue weighted by atomic mass is 15.1. The van der Waals surface area contributed by atoms with Gasteiger partial charge in [0, 0.05) is 61.4 Å². The fourth-order valence-corrected chi connectivity index (χ4v) is 5.01. The first-order valence-corrected chi connectivity index (χ1v) is 14.1. The van der Waals surface area contributed by atoms with Gasteiger partial charge in [0.05, 0.1) is 0 Å². The molecular weight excluding hydrogens is 444 g/mol. The minimum absolute atomic E-state index is 0.888. The van der Waals surface area contributed by atoms with E-state index in [1.807, 2.05) is 12.4 Å². The summed E-state index contributed by atoms with van der Waals surface area (Å²) in [4.78, 5) is 19.0. The first-order valence-electron chi connectivity index (χ1n) is 14.1. The Labute approximate surface area is 216 Å². The molecule has 0 atom stereocenters. The van der Waals surface area contributed by atoms with Gasteiger partial charge in [-0.25, -0.2) is 9.97 Å². The van der Waals surface area contributed by atoms with E-state index in [0.717, 1.165) is 46.9 Å². The molecule has 0 aliphatic heterocycles. The van der Waals surface area contributed by atoms with E-state index in [4.69, 9.17) is 19.9 Å². The van der Waals surface area contributed by atoms with Crippen LogP contribution >= 0.6 is 0 Å². The van der Waals surface area contributed by atoms with Gasteiger partial charge in [0.2, 0.25) is 0 Å². The summed E-state index contributed by atoms with van der Waals surface area (Å²) in [6.45, 7) is 6.49. The van der Waals surface area contributed by atoms with Gasteiger partial charge < -0.3 is 9.13 Å². The van der Waals surface area contributed by atoms with Crippen molar-refractivity contribution in [1.29, 1.82) is 0 Å². The molecule has 4 rings (SSSR count). The molecule has 4 aromatic rings. The normalized spacial score (nSPS) is 11.5. The number of benzene rings is 1. The summed E-state index contributed by atoms with van der Waals surface area (Å²) in [7, 11) is 0. The van der Waals surface area contributed by atoms with Crippen molar-refractivity contribution in [2.45, 2.75) is 104 Å². The van der Waals surface area contributed by atoms with Crippen molar-refractivity contribution < 1.29 is 0 Å². The molecule has 0 spiro atoms. The van der Waals surface area contributed by atoms with E-state index < -0.39 is 0 Å². The number of nitrogens with zero attached hydrogens (tertiary/aromatic N) is 6. The molecule has 3 aromatic heterocycles. The summed E-state index contributed by atoms with van der Waals surface area (Å²) in [6.07, 6.45) is 26.9. The first-order chi connectivity index (χ1) is 17.8. The third-order valence-corrected chi connectivity index (χ3v) is 7.04. The maximum Gasteiger partial charge on any atom is 0.142 e. The van der Waals surface area contributed by atoms with Gasteiger partial charge in [-0.15, -0.1) is 0 Å². The van der Waals surface area contributed by atoms with Crippen LogP contribution in [0.5, 0.6) is 0 Å². The Morgan fingerprint density at radius 2 is 0.917 bits per heavy atom. The number of hydrogen-bond donors (Lipinski definition) is 0. The number of aromatic nitrogens is 6. The third kappa shape index (κ3) is 6.59. The van der Waals surface area contributed by atoms with E-state index in [-0.39, 0.29) is 0 Å². The van der Waals surface area contributed by atoms with Crippen LogP contribution in [-0.2, 0) is 13.1 Å². The number of imidazole rings is 2. The zero-order valence-corrected chi connectivity index (χ0v) is 22.2. The third-order valence-electron chi connectivity index (χ3n) is 7.04. The summed E-state index contributed by atoms with van der Waals surface area (Å²) < 4.78 is 4.53. The van der Waals surface area contributed by atoms with Crippen LogP contribution in [0.2, 0.25) is 0 Å². The Morgan fingerprint density at radius 3 is 1.36 bits per heavy atom. The lowest BCUT2D eigenvalue weighted by molar-refractivity contribution is 0.560. The largest absolute Gasteiger partial charge is 0.331 e. The lowest BCUT2D eigenvalue weighted by Gasteiger charge is -2.13. The van der Waals surface area contributed by atoms with Crippen molar-refractivity contribution in [3.63, 3.8) is 0 Å².